The standard InChI is InChI=1S/C26H21F3N2O3/c1-33-22-7-3-2-5-19(22)17-10-13-23-20(15-17)30-24(34-23)21-6-4-14-31(21)25(32)16-8-11-18(12-9-16)26(27,28)29/h2-3,5,7-13,15,21H,4,6,14H2,1H3. The number of ether oxygens (including phenoxy) is 1. The van der Waals surface area contributed by atoms with Gasteiger partial charge in [0.25, 0.3) is 5.91 Å². The van der Waals surface area contributed by atoms with Crippen molar-refractivity contribution in [2.24, 2.45) is 0 Å². The van der Waals surface area contributed by atoms with Crippen molar-refractivity contribution in [1.82, 2.24) is 9.88 Å². The summed E-state index contributed by atoms with van der Waals surface area (Å²) < 4.78 is 50.0. The van der Waals surface area contributed by atoms with Crippen molar-refractivity contribution in [2.75, 3.05) is 13.7 Å². The number of halogens is 3. The summed E-state index contributed by atoms with van der Waals surface area (Å²) in [5, 5.41) is 0. The van der Waals surface area contributed by atoms with E-state index in [-0.39, 0.29) is 17.5 Å². The molecule has 1 saturated heterocycles. The number of oxazole rings is 1. The van der Waals surface area contributed by atoms with E-state index in [9.17, 15) is 18.0 Å². The second kappa shape index (κ2) is 8.52. The molecular formula is C26H21F3N2O3. The summed E-state index contributed by atoms with van der Waals surface area (Å²) in [5.41, 5.74) is 2.53. The molecule has 1 aromatic heterocycles. The monoisotopic (exact) mass is 466 g/mol. The van der Waals surface area contributed by atoms with Crippen LogP contribution >= 0.6 is 0 Å². The Morgan fingerprint density at radius 2 is 1.85 bits per heavy atom. The van der Waals surface area contributed by atoms with E-state index in [1.807, 2.05) is 42.5 Å². The van der Waals surface area contributed by atoms with Crippen LogP contribution in [0.2, 0.25) is 0 Å². The molecule has 0 aliphatic carbocycles. The maximum Gasteiger partial charge on any atom is 0.416 e. The summed E-state index contributed by atoms with van der Waals surface area (Å²) in [6.45, 7) is 0.482. The molecule has 0 bridgehead atoms. The largest absolute Gasteiger partial charge is 0.496 e. The zero-order valence-electron chi connectivity index (χ0n) is 18.3. The van der Waals surface area contributed by atoms with Gasteiger partial charge in [-0.3, -0.25) is 4.79 Å². The third-order valence-corrected chi connectivity index (χ3v) is 6.08. The molecule has 5 rings (SSSR count). The second-order valence-corrected chi connectivity index (χ2v) is 8.17. The predicted molar refractivity (Wildman–Crippen MR) is 120 cm³/mol. The highest BCUT2D eigenvalue weighted by Crippen LogP contribution is 2.37. The van der Waals surface area contributed by atoms with Crippen LogP contribution in [-0.4, -0.2) is 29.4 Å². The number of aromatic nitrogens is 1. The number of amides is 1. The topological polar surface area (TPSA) is 55.6 Å². The summed E-state index contributed by atoms with van der Waals surface area (Å²) in [6.07, 6.45) is -3.03. The van der Waals surface area contributed by atoms with E-state index in [1.165, 1.54) is 12.1 Å². The van der Waals surface area contributed by atoms with Crippen LogP contribution in [0.4, 0.5) is 13.2 Å². The van der Waals surface area contributed by atoms with E-state index in [0.29, 0.717) is 30.0 Å². The van der Waals surface area contributed by atoms with E-state index in [2.05, 4.69) is 4.98 Å². The smallest absolute Gasteiger partial charge is 0.416 e. The van der Waals surface area contributed by atoms with Gasteiger partial charge in [0, 0.05) is 17.7 Å². The van der Waals surface area contributed by atoms with Gasteiger partial charge < -0.3 is 14.1 Å². The van der Waals surface area contributed by atoms with Gasteiger partial charge in [-0.15, -0.1) is 0 Å². The van der Waals surface area contributed by atoms with Gasteiger partial charge in [-0.25, -0.2) is 4.98 Å². The summed E-state index contributed by atoms with van der Waals surface area (Å²) in [6, 6.07) is 17.3. The highest BCUT2D eigenvalue weighted by molar-refractivity contribution is 5.94. The van der Waals surface area contributed by atoms with Gasteiger partial charge in [-0.1, -0.05) is 24.3 Å². The molecular weight excluding hydrogens is 445 g/mol. The Bertz CT molecular complexity index is 1350. The molecule has 34 heavy (non-hydrogen) atoms. The maximum absolute atomic E-state index is 13.1. The van der Waals surface area contributed by atoms with Gasteiger partial charge in [-0.05, 0) is 60.9 Å². The van der Waals surface area contributed by atoms with Crippen molar-refractivity contribution >= 4 is 17.0 Å². The summed E-state index contributed by atoms with van der Waals surface area (Å²) in [7, 11) is 1.62. The molecule has 2 heterocycles. The van der Waals surface area contributed by atoms with Crippen molar-refractivity contribution < 1.29 is 27.1 Å². The Balaban J connectivity index is 1.43. The van der Waals surface area contributed by atoms with Gasteiger partial charge in [0.05, 0.1) is 12.7 Å². The molecule has 1 unspecified atom stereocenters. The number of benzene rings is 3. The van der Waals surface area contributed by atoms with Crippen LogP contribution in [0.3, 0.4) is 0 Å². The van der Waals surface area contributed by atoms with Gasteiger partial charge in [-0.2, -0.15) is 13.2 Å². The Kier molecular flexibility index (Phi) is 5.51. The lowest BCUT2D eigenvalue weighted by molar-refractivity contribution is -0.137. The number of carbonyl (C=O) groups is 1. The van der Waals surface area contributed by atoms with E-state index in [4.69, 9.17) is 9.15 Å². The first kappa shape index (κ1) is 22.0. The minimum atomic E-state index is -4.45. The third kappa shape index (κ3) is 4.00. The van der Waals surface area contributed by atoms with Crippen LogP contribution < -0.4 is 4.74 Å². The number of likely N-dealkylation sites (tertiary alicyclic amines) is 1. The zero-order chi connectivity index (χ0) is 23.9. The Morgan fingerprint density at radius 1 is 1.09 bits per heavy atom. The van der Waals surface area contributed by atoms with Crippen LogP contribution in [0, 0.1) is 0 Å². The van der Waals surface area contributed by atoms with Crippen molar-refractivity contribution in [3.63, 3.8) is 0 Å². The lowest BCUT2D eigenvalue weighted by Gasteiger charge is -2.22. The fourth-order valence-electron chi connectivity index (χ4n) is 4.37. The van der Waals surface area contributed by atoms with E-state index >= 15 is 0 Å². The zero-order valence-corrected chi connectivity index (χ0v) is 18.3. The summed E-state index contributed by atoms with van der Waals surface area (Å²) in [5.74, 6) is 0.827. The highest BCUT2D eigenvalue weighted by atomic mass is 19.4. The molecule has 0 spiro atoms. The molecule has 174 valence electrons. The molecule has 0 saturated carbocycles. The number of para-hydroxylation sites is 1. The average molecular weight is 466 g/mol. The SMILES string of the molecule is COc1ccccc1-c1ccc2oc(C3CCCN3C(=O)c3ccc(C(F)(F)F)cc3)nc2c1. The molecule has 1 aliphatic heterocycles. The number of carbonyl (C=O) groups excluding carboxylic acids is 1. The van der Waals surface area contributed by atoms with E-state index < -0.39 is 11.7 Å². The number of hydrogen-bond acceptors (Lipinski definition) is 4. The van der Waals surface area contributed by atoms with Crippen LogP contribution in [0.5, 0.6) is 5.75 Å². The van der Waals surface area contributed by atoms with Crippen LogP contribution in [0.15, 0.2) is 71.1 Å². The molecule has 0 radical (unpaired) electrons. The fourth-order valence-corrected chi connectivity index (χ4v) is 4.37. The highest BCUT2D eigenvalue weighted by Gasteiger charge is 2.35. The van der Waals surface area contributed by atoms with E-state index in [0.717, 1.165) is 35.4 Å². The van der Waals surface area contributed by atoms with Gasteiger partial charge in [0.2, 0.25) is 5.89 Å². The van der Waals surface area contributed by atoms with Gasteiger partial charge >= 0.3 is 6.18 Å². The maximum atomic E-state index is 13.1. The van der Waals surface area contributed by atoms with Crippen molar-refractivity contribution in [2.45, 2.75) is 25.1 Å². The first-order chi connectivity index (χ1) is 16.3. The molecule has 1 fully saturated rings. The molecule has 1 atom stereocenters. The number of fused-ring (bicyclic) bond motifs is 1. The third-order valence-electron chi connectivity index (χ3n) is 6.08. The van der Waals surface area contributed by atoms with Gasteiger partial charge in [0.15, 0.2) is 5.58 Å². The van der Waals surface area contributed by atoms with Crippen molar-refractivity contribution in [3.8, 4) is 16.9 Å². The summed E-state index contributed by atoms with van der Waals surface area (Å²) >= 11 is 0. The number of alkyl halides is 3. The number of hydrogen-bond donors (Lipinski definition) is 0. The molecule has 3 aromatic carbocycles. The van der Waals surface area contributed by atoms with Gasteiger partial charge in [0.1, 0.15) is 17.3 Å². The average Bonchev–Trinajstić information content (AvgIpc) is 3.49. The molecule has 5 nitrogen and oxygen atoms in total. The van der Waals surface area contributed by atoms with Crippen molar-refractivity contribution in [1.29, 1.82) is 0 Å². The lowest BCUT2D eigenvalue weighted by atomic mass is 10.0. The predicted octanol–water partition coefficient (Wildman–Crippen LogP) is 6.50. The van der Waals surface area contributed by atoms with Crippen LogP contribution in [-0.2, 0) is 6.18 Å². The quantitative estimate of drug-likeness (QED) is 0.345. The molecule has 4 aromatic rings. The Morgan fingerprint density at radius 3 is 2.59 bits per heavy atom. The number of methoxy groups -OCH3 is 1. The fraction of sp³-hybridized carbons (Fsp3) is 0.231. The molecule has 1 amide bonds. The van der Waals surface area contributed by atoms with Crippen LogP contribution in [0.1, 0.15) is 40.7 Å². The van der Waals surface area contributed by atoms with Crippen LogP contribution in [0.25, 0.3) is 22.2 Å². The van der Waals surface area contributed by atoms with E-state index in [1.54, 1.807) is 12.0 Å². The second-order valence-electron chi connectivity index (χ2n) is 8.17. The van der Waals surface area contributed by atoms with Crippen molar-refractivity contribution in [3.05, 3.63) is 83.7 Å². The Labute approximate surface area is 193 Å². The summed E-state index contributed by atoms with van der Waals surface area (Å²) in [4.78, 5) is 19.4. The minimum absolute atomic E-state index is 0.203. The Hall–Kier alpha value is -3.81. The molecule has 8 heteroatoms. The molecule has 1 aliphatic rings. The normalized spacial score (nSPS) is 16.2. The first-order valence-electron chi connectivity index (χ1n) is 10.9. The first-order valence-corrected chi connectivity index (χ1v) is 10.9. The number of rotatable bonds is 4. The minimum Gasteiger partial charge on any atom is -0.496 e. The lowest BCUT2D eigenvalue weighted by Crippen LogP contribution is -2.30. The number of nitrogens with zero attached hydrogens (tertiary/aromatic N) is 2. The molecule has 0 N–H and O–H groups in total.